The van der Waals surface area contributed by atoms with Gasteiger partial charge in [-0.1, -0.05) is 48.5 Å². The molecule has 0 aromatic heterocycles. The fourth-order valence-corrected chi connectivity index (χ4v) is 2.44. The summed E-state index contributed by atoms with van der Waals surface area (Å²) in [4.78, 5) is 14.6. The number of amides is 2. The molecule has 128 valence electrons. The van der Waals surface area contributed by atoms with Gasteiger partial charge in [0, 0.05) is 30.4 Å². The number of urea groups is 1. The molecule has 0 bridgehead atoms. The Morgan fingerprint density at radius 1 is 1.08 bits per heavy atom. The molecule has 2 rings (SSSR count). The minimum Gasteiger partial charge on any atom is -0.377 e. The van der Waals surface area contributed by atoms with Crippen LogP contribution >= 0.6 is 0 Å². The summed E-state index contributed by atoms with van der Waals surface area (Å²) in [7, 11) is 0. The van der Waals surface area contributed by atoms with Crippen molar-refractivity contribution in [3.63, 3.8) is 0 Å². The van der Waals surface area contributed by atoms with Crippen molar-refractivity contribution in [3.05, 3.63) is 65.7 Å². The minimum absolute atomic E-state index is 0.0993. The molecule has 2 aromatic rings. The summed E-state index contributed by atoms with van der Waals surface area (Å²) in [6.45, 7) is 7.73. The average molecular weight is 326 g/mol. The van der Waals surface area contributed by atoms with Crippen LogP contribution in [0.15, 0.2) is 54.6 Å². The number of carbonyl (C=O) groups excluding carboxylic acids is 1. The summed E-state index contributed by atoms with van der Waals surface area (Å²) in [5.74, 6) is 0. The van der Waals surface area contributed by atoms with Gasteiger partial charge in [0.15, 0.2) is 0 Å². The lowest BCUT2D eigenvalue weighted by Crippen LogP contribution is -2.39. The van der Waals surface area contributed by atoms with Crippen LogP contribution in [0, 0.1) is 0 Å². The van der Waals surface area contributed by atoms with Gasteiger partial charge < -0.3 is 15.0 Å². The van der Waals surface area contributed by atoms with Gasteiger partial charge >= 0.3 is 6.03 Å². The summed E-state index contributed by atoms with van der Waals surface area (Å²) < 4.78 is 5.48. The van der Waals surface area contributed by atoms with Crippen LogP contribution < -0.4 is 5.32 Å². The van der Waals surface area contributed by atoms with Gasteiger partial charge in [-0.3, -0.25) is 0 Å². The number of nitrogens with zero attached hydrogens (tertiary/aromatic N) is 1. The predicted octanol–water partition coefficient (Wildman–Crippen LogP) is 4.67. The molecule has 4 heteroatoms. The number of para-hydroxylation sites is 1. The van der Waals surface area contributed by atoms with E-state index >= 15 is 0 Å². The summed E-state index contributed by atoms with van der Waals surface area (Å²) >= 11 is 0. The van der Waals surface area contributed by atoms with Gasteiger partial charge in [-0.05, 0) is 32.4 Å². The molecule has 0 heterocycles. The molecule has 24 heavy (non-hydrogen) atoms. The third-order valence-corrected chi connectivity index (χ3v) is 3.80. The second kappa shape index (κ2) is 9.08. The lowest BCUT2D eigenvalue weighted by molar-refractivity contribution is 0.134. The van der Waals surface area contributed by atoms with Crippen LogP contribution in [0.4, 0.5) is 10.5 Å². The van der Waals surface area contributed by atoms with E-state index in [1.165, 1.54) is 0 Å². The molecule has 0 aliphatic carbocycles. The van der Waals surface area contributed by atoms with Gasteiger partial charge in [0.2, 0.25) is 0 Å². The summed E-state index contributed by atoms with van der Waals surface area (Å²) in [6.07, 6.45) is 0. The van der Waals surface area contributed by atoms with E-state index < -0.39 is 0 Å². The topological polar surface area (TPSA) is 41.6 Å². The van der Waals surface area contributed by atoms with Gasteiger partial charge in [-0.15, -0.1) is 0 Å². The van der Waals surface area contributed by atoms with Crippen LogP contribution in [0.1, 0.15) is 31.9 Å². The highest BCUT2D eigenvalue weighted by Crippen LogP contribution is 2.18. The number of ether oxygens (including phenoxy) is 1. The molecule has 0 aliphatic rings. The Morgan fingerprint density at radius 3 is 2.42 bits per heavy atom. The monoisotopic (exact) mass is 326 g/mol. The molecule has 4 nitrogen and oxygen atoms in total. The Labute approximate surface area is 144 Å². The van der Waals surface area contributed by atoms with E-state index in [2.05, 4.69) is 5.32 Å². The third-order valence-electron chi connectivity index (χ3n) is 3.80. The largest absolute Gasteiger partial charge is 0.377 e. The molecular weight excluding hydrogens is 300 g/mol. The average Bonchev–Trinajstić information content (AvgIpc) is 2.59. The zero-order valence-electron chi connectivity index (χ0n) is 14.7. The van der Waals surface area contributed by atoms with Gasteiger partial charge in [-0.25, -0.2) is 4.79 Å². The first kappa shape index (κ1) is 18.0. The van der Waals surface area contributed by atoms with E-state index in [-0.39, 0.29) is 12.1 Å². The third kappa shape index (κ3) is 5.10. The van der Waals surface area contributed by atoms with Gasteiger partial charge in [0.1, 0.15) is 0 Å². The van der Waals surface area contributed by atoms with Gasteiger partial charge in [0.25, 0.3) is 0 Å². The molecule has 2 amide bonds. The first-order valence-corrected chi connectivity index (χ1v) is 8.39. The number of hydrogen-bond donors (Lipinski definition) is 1. The Hall–Kier alpha value is -2.33. The number of hydrogen-bond acceptors (Lipinski definition) is 2. The molecule has 0 saturated heterocycles. The standard InChI is InChI=1S/C20H26N2O2/c1-4-24-15-18-12-8-9-13-19(18)21-20(23)22(16(2)3)14-17-10-6-5-7-11-17/h5-13,16H,4,14-15H2,1-3H3,(H,21,23). The normalized spacial score (nSPS) is 10.7. The second-order valence-corrected chi connectivity index (χ2v) is 5.93. The fourth-order valence-electron chi connectivity index (χ4n) is 2.44. The molecule has 0 aliphatic heterocycles. The lowest BCUT2D eigenvalue weighted by atomic mass is 10.2. The fraction of sp³-hybridized carbons (Fsp3) is 0.350. The van der Waals surface area contributed by atoms with E-state index in [4.69, 9.17) is 4.74 Å². The molecule has 0 fully saturated rings. The van der Waals surface area contributed by atoms with Gasteiger partial charge in [0.05, 0.1) is 6.61 Å². The molecule has 0 radical (unpaired) electrons. The second-order valence-electron chi connectivity index (χ2n) is 5.93. The smallest absolute Gasteiger partial charge is 0.322 e. The van der Waals surface area contributed by atoms with Crippen LogP contribution in [0.3, 0.4) is 0 Å². The van der Waals surface area contributed by atoms with Crippen molar-refractivity contribution in [3.8, 4) is 0 Å². The van der Waals surface area contributed by atoms with Crippen molar-refractivity contribution in [2.75, 3.05) is 11.9 Å². The number of anilines is 1. The number of benzene rings is 2. The molecule has 1 N–H and O–H groups in total. The molecule has 0 spiro atoms. The highest BCUT2D eigenvalue weighted by atomic mass is 16.5. The van der Waals surface area contributed by atoms with E-state index in [1.54, 1.807) is 0 Å². The van der Waals surface area contributed by atoms with Crippen molar-refractivity contribution in [2.45, 2.75) is 40.0 Å². The summed E-state index contributed by atoms with van der Waals surface area (Å²) in [6, 6.07) is 17.8. The predicted molar refractivity (Wildman–Crippen MR) is 97.9 cm³/mol. The summed E-state index contributed by atoms with van der Waals surface area (Å²) in [5, 5.41) is 3.03. The van der Waals surface area contributed by atoms with Gasteiger partial charge in [-0.2, -0.15) is 0 Å². The van der Waals surface area contributed by atoms with E-state index in [1.807, 2.05) is 80.3 Å². The van der Waals surface area contributed by atoms with Crippen LogP contribution in [0.25, 0.3) is 0 Å². The minimum atomic E-state index is -0.0993. The van der Waals surface area contributed by atoms with Crippen molar-refractivity contribution >= 4 is 11.7 Å². The highest BCUT2D eigenvalue weighted by Gasteiger charge is 2.18. The maximum Gasteiger partial charge on any atom is 0.322 e. The first-order valence-electron chi connectivity index (χ1n) is 8.39. The number of nitrogens with one attached hydrogen (secondary N) is 1. The molecule has 0 unspecified atom stereocenters. The van der Waals surface area contributed by atoms with Crippen molar-refractivity contribution in [1.29, 1.82) is 0 Å². The van der Waals surface area contributed by atoms with Crippen molar-refractivity contribution < 1.29 is 9.53 Å². The lowest BCUT2D eigenvalue weighted by Gasteiger charge is -2.27. The Balaban J connectivity index is 2.11. The van der Waals surface area contributed by atoms with E-state index in [0.29, 0.717) is 19.8 Å². The SMILES string of the molecule is CCOCc1ccccc1NC(=O)N(Cc1ccccc1)C(C)C. The maximum absolute atomic E-state index is 12.8. The zero-order valence-corrected chi connectivity index (χ0v) is 14.7. The summed E-state index contributed by atoms with van der Waals surface area (Å²) in [5.41, 5.74) is 2.90. The van der Waals surface area contributed by atoms with E-state index in [9.17, 15) is 4.79 Å². The Bertz CT molecular complexity index is 641. The Morgan fingerprint density at radius 2 is 1.75 bits per heavy atom. The maximum atomic E-state index is 12.8. The van der Waals surface area contributed by atoms with Crippen LogP contribution in [-0.4, -0.2) is 23.6 Å². The van der Waals surface area contributed by atoms with Crippen LogP contribution in [-0.2, 0) is 17.9 Å². The van der Waals surface area contributed by atoms with Crippen molar-refractivity contribution in [2.24, 2.45) is 0 Å². The molecule has 0 saturated carbocycles. The Kier molecular flexibility index (Phi) is 6.82. The number of carbonyl (C=O) groups is 1. The first-order chi connectivity index (χ1) is 11.6. The number of rotatable bonds is 7. The highest BCUT2D eigenvalue weighted by molar-refractivity contribution is 5.90. The van der Waals surface area contributed by atoms with Crippen LogP contribution in [0.2, 0.25) is 0 Å². The van der Waals surface area contributed by atoms with Crippen molar-refractivity contribution in [1.82, 2.24) is 4.90 Å². The van der Waals surface area contributed by atoms with Crippen LogP contribution in [0.5, 0.6) is 0 Å². The van der Waals surface area contributed by atoms with E-state index in [0.717, 1.165) is 16.8 Å². The quantitative estimate of drug-likeness (QED) is 0.803. The molecular formula is C20H26N2O2. The molecule has 2 aromatic carbocycles. The zero-order chi connectivity index (χ0) is 17.4. The molecule has 0 atom stereocenters.